The number of benzene rings is 2. The first-order valence-corrected chi connectivity index (χ1v) is 8.52. The lowest BCUT2D eigenvalue weighted by Gasteiger charge is -2.25. The number of rotatable bonds is 5. The van der Waals surface area contributed by atoms with Crippen LogP contribution in [0.15, 0.2) is 65.8 Å². The predicted octanol–water partition coefficient (Wildman–Crippen LogP) is 3.04. The van der Waals surface area contributed by atoms with Crippen LogP contribution < -0.4 is 5.43 Å². The average Bonchev–Trinajstić information content (AvgIpc) is 2.64. The number of nitrogens with zero attached hydrogens (tertiary/aromatic N) is 2. The van der Waals surface area contributed by atoms with Crippen LogP contribution in [-0.4, -0.2) is 36.2 Å². The largest absolute Gasteiger partial charge is 0.294 e. The summed E-state index contributed by atoms with van der Waals surface area (Å²) in [6.07, 6.45) is 3.62. The highest BCUT2D eigenvalue weighted by Gasteiger charge is 2.14. The van der Waals surface area contributed by atoms with Gasteiger partial charge in [0.15, 0.2) is 0 Å². The fourth-order valence-electron chi connectivity index (χ4n) is 2.96. The number of carbonyl (C=O) groups excluding carboxylic acids is 1. The van der Waals surface area contributed by atoms with Gasteiger partial charge in [0.1, 0.15) is 0 Å². The molecule has 124 valence electrons. The summed E-state index contributed by atoms with van der Waals surface area (Å²) in [7, 11) is 0. The van der Waals surface area contributed by atoms with Gasteiger partial charge >= 0.3 is 0 Å². The van der Waals surface area contributed by atoms with E-state index < -0.39 is 0 Å². The van der Waals surface area contributed by atoms with Gasteiger partial charge in [-0.2, -0.15) is 5.10 Å². The summed E-state index contributed by atoms with van der Waals surface area (Å²) in [5.74, 6) is -0.0544. The van der Waals surface area contributed by atoms with E-state index in [1.807, 2.05) is 60.7 Å². The summed E-state index contributed by atoms with van der Waals surface area (Å²) >= 11 is 0. The Morgan fingerprint density at radius 2 is 1.42 bits per heavy atom. The first kappa shape index (κ1) is 16.4. The molecule has 0 atom stereocenters. The summed E-state index contributed by atoms with van der Waals surface area (Å²) in [5.41, 5.74) is 5.49. The summed E-state index contributed by atoms with van der Waals surface area (Å²) in [4.78, 5) is 14.4. The molecular formula is C20H23N3O. The van der Waals surface area contributed by atoms with Gasteiger partial charge in [0, 0.05) is 11.1 Å². The molecule has 0 spiro atoms. The van der Waals surface area contributed by atoms with Crippen molar-refractivity contribution < 1.29 is 4.79 Å². The van der Waals surface area contributed by atoms with Crippen molar-refractivity contribution in [3.63, 3.8) is 0 Å². The van der Waals surface area contributed by atoms with Crippen LogP contribution >= 0.6 is 0 Å². The summed E-state index contributed by atoms with van der Waals surface area (Å²) in [5, 5.41) is 4.42. The molecule has 4 nitrogen and oxygen atoms in total. The second kappa shape index (κ2) is 8.41. The van der Waals surface area contributed by atoms with E-state index in [1.54, 1.807) is 0 Å². The van der Waals surface area contributed by atoms with Crippen LogP contribution in [0.4, 0.5) is 0 Å². The van der Waals surface area contributed by atoms with E-state index in [0.717, 1.165) is 29.9 Å². The summed E-state index contributed by atoms with van der Waals surface area (Å²) in [6, 6.07) is 19.9. The molecule has 1 amide bonds. The van der Waals surface area contributed by atoms with Crippen molar-refractivity contribution in [1.29, 1.82) is 0 Å². The zero-order valence-electron chi connectivity index (χ0n) is 13.8. The SMILES string of the molecule is O=C(CN1CCCCC1)NN=C(c1ccccc1)c1ccccc1. The smallest absolute Gasteiger partial charge is 0.254 e. The van der Waals surface area contributed by atoms with Crippen molar-refractivity contribution in [1.82, 2.24) is 10.3 Å². The fourth-order valence-corrected chi connectivity index (χ4v) is 2.96. The Labute approximate surface area is 143 Å². The Bertz CT molecular complexity index is 635. The minimum Gasteiger partial charge on any atom is -0.294 e. The van der Waals surface area contributed by atoms with Crippen LogP contribution in [0.2, 0.25) is 0 Å². The average molecular weight is 321 g/mol. The van der Waals surface area contributed by atoms with Crippen molar-refractivity contribution in [2.24, 2.45) is 5.10 Å². The molecule has 1 aliphatic heterocycles. The Kier molecular flexibility index (Phi) is 5.75. The zero-order chi connectivity index (χ0) is 16.6. The molecule has 1 fully saturated rings. The Hall–Kier alpha value is -2.46. The maximum Gasteiger partial charge on any atom is 0.254 e. The second-order valence-corrected chi connectivity index (χ2v) is 6.06. The Morgan fingerprint density at radius 1 is 0.875 bits per heavy atom. The highest BCUT2D eigenvalue weighted by molar-refractivity contribution is 6.13. The van der Waals surface area contributed by atoms with Gasteiger partial charge in [0.2, 0.25) is 0 Å². The van der Waals surface area contributed by atoms with E-state index in [2.05, 4.69) is 15.4 Å². The zero-order valence-corrected chi connectivity index (χ0v) is 13.8. The van der Waals surface area contributed by atoms with Crippen molar-refractivity contribution in [3.8, 4) is 0 Å². The van der Waals surface area contributed by atoms with Crippen molar-refractivity contribution >= 4 is 11.6 Å². The quantitative estimate of drug-likeness (QED) is 0.679. The van der Waals surface area contributed by atoms with E-state index in [0.29, 0.717) is 6.54 Å². The van der Waals surface area contributed by atoms with Crippen LogP contribution in [-0.2, 0) is 4.79 Å². The third kappa shape index (κ3) is 4.52. The Morgan fingerprint density at radius 3 is 1.96 bits per heavy atom. The highest BCUT2D eigenvalue weighted by Crippen LogP contribution is 2.11. The standard InChI is InChI=1S/C20H23N3O/c24-19(16-23-14-8-3-9-15-23)21-22-20(17-10-4-1-5-11-17)18-12-6-2-7-13-18/h1-2,4-7,10-13H,3,8-9,14-16H2,(H,21,24). The van der Waals surface area contributed by atoms with Crippen LogP contribution in [0.5, 0.6) is 0 Å². The fraction of sp³-hybridized carbons (Fsp3) is 0.300. The molecule has 1 aliphatic rings. The maximum atomic E-state index is 12.2. The van der Waals surface area contributed by atoms with Gasteiger partial charge in [0.25, 0.3) is 5.91 Å². The molecule has 0 radical (unpaired) electrons. The van der Waals surface area contributed by atoms with Gasteiger partial charge < -0.3 is 0 Å². The van der Waals surface area contributed by atoms with Gasteiger partial charge in [0.05, 0.1) is 12.3 Å². The number of hydrogen-bond donors (Lipinski definition) is 1. The van der Waals surface area contributed by atoms with E-state index in [9.17, 15) is 4.79 Å². The van der Waals surface area contributed by atoms with E-state index in [4.69, 9.17) is 0 Å². The van der Waals surface area contributed by atoms with Crippen LogP contribution in [0, 0.1) is 0 Å². The number of hydrazone groups is 1. The van der Waals surface area contributed by atoms with Crippen LogP contribution in [0.1, 0.15) is 30.4 Å². The van der Waals surface area contributed by atoms with Gasteiger partial charge in [-0.15, -0.1) is 0 Å². The molecule has 4 heteroatoms. The molecule has 1 heterocycles. The van der Waals surface area contributed by atoms with Gasteiger partial charge in [-0.1, -0.05) is 67.1 Å². The third-order valence-corrected chi connectivity index (χ3v) is 4.20. The van der Waals surface area contributed by atoms with E-state index in [1.165, 1.54) is 19.3 Å². The number of nitrogens with one attached hydrogen (secondary N) is 1. The molecule has 0 aliphatic carbocycles. The molecule has 0 aromatic heterocycles. The van der Waals surface area contributed by atoms with Crippen LogP contribution in [0.3, 0.4) is 0 Å². The number of piperidine rings is 1. The first-order chi connectivity index (χ1) is 11.8. The molecule has 1 saturated heterocycles. The minimum absolute atomic E-state index is 0.0544. The highest BCUT2D eigenvalue weighted by atomic mass is 16.2. The lowest BCUT2D eigenvalue weighted by Crippen LogP contribution is -2.38. The maximum absolute atomic E-state index is 12.2. The normalized spacial score (nSPS) is 14.8. The predicted molar refractivity (Wildman–Crippen MR) is 97.0 cm³/mol. The van der Waals surface area contributed by atoms with Gasteiger partial charge in [-0.25, -0.2) is 5.43 Å². The molecule has 2 aromatic carbocycles. The monoisotopic (exact) mass is 321 g/mol. The van der Waals surface area contributed by atoms with E-state index >= 15 is 0 Å². The number of amides is 1. The number of likely N-dealkylation sites (tertiary alicyclic amines) is 1. The molecule has 3 rings (SSSR count). The third-order valence-electron chi connectivity index (χ3n) is 4.20. The van der Waals surface area contributed by atoms with Gasteiger partial charge in [-0.05, 0) is 25.9 Å². The lowest BCUT2D eigenvalue weighted by atomic mass is 10.0. The van der Waals surface area contributed by atoms with Crippen LogP contribution in [0.25, 0.3) is 0 Å². The molecule has 0 bridgehead atoms. The molecule has 1 N–H and O–H groups in total. The second-order valence-electron chi connectivity index (χ2n) is 6.06. The number of carbonyl (C=O) groups is 1. The summed E-state index contributed by atoms with van der Waals surface area (Å²) < 4.78 is 0. The summed E-state index contributed by atoms with van der Waals surface area (Å²) in [6.45, 7) is 2.42. The first-order valence-electron chi connectivity index (χ1n) is 8.52. The minimum atomic E-state index is -0.0544. The molecule has 0 saturated carbocycles. The Balaban J connectivity index is 1.73. The van der Waals surface area contributed by atoms with E-state index in [-0.39, 0.29) is 5.91 Å². The van der Waals surface area contributed by atoms with Crippen molar-refractivity contribution in [2.75, 3.05) is 19.6 Å². The number of hydrogen-bond acceptors (Lipinski definition) is 3. The van der Waals surface area contributed by atoms with Crippen molar-refractivity contribution in [3.05, 3.63) is 71.8 Å². The molecule has 0 unspecified atom stereocenters. The topological polar surface area (TPSA) is 44.7 Å². The molecule has 24 heavy (non-hydrogen) atoms. The lowest BCUT2D eigenvalue weighted by molar-refractivity contribution is -0.122. The van der Waals surface area contributed by atoms with Gasteiger partial charge in [-0.3, -0.25) is 9.69 Å². The molecule has 2 aromatic rings. The van der Waals surface area contributed by atoms with Crippen molar-refractivity contribution in [2.45, 2.75) is 19.3 Å². The molecular weight excluding hydrogens is 298 g/mol.